The highest BCUT2D eigenvalue weighted by atomic mass is 32.2. The van der Waals surface area contributed by atoms with Crippen molar-refractivity contribution in [3.05, 3.63) is 77.1 Å². The number of aryl methyl sites for hydroxylation is 2. The summed E-state index contributed by atoms with van der Waals surface area (Å²) in [5.41, 5.74) is 4.55. The average molecular weight is 379 g/mol. The van der Waals surface area contributed by atoms with Gasteiger partial charge in [-0.1, -0.05) is 59.8 Å². The maximum absolute atomic E-state index is 4.76. The first kappa shape index (κ1) is 17.0. The topological polar surface area (TPSA) is 43.6 Å². The number of thioether (sulfide) groups is 1. The maximum Gasteiger partial charge on any atom is 0.196 e. The van der Waals surface area contributed by atoms with E-state index in [9.17, 15) is 0 Å². The Kier molecular flexibility index (Phi) is 4.86. The number of hydrogen-bond donors (Lipinski definition) is 0. The van der Waals surface area contributed by atoms with Crippen LogP contribution in [0, 0.1) is 13.8 Å². The normalized spacial score (nSPS) is 11.0. The molecule has 4 rings (SSSR count). The number of nitrogens with zero attached hydrogens (tertiary/aromatic N) is 4. The van der Waals surface area contributed by atoms with Crippen molar-refractivity contribution in [2.45, 2.75) is 24.8 Å². The Morgan fingerprint density at radius 2 is 1.73 bits per heavy atom. The number of aromatic nitrogens is 4. The largest absolute Gasteiger partial charge is 0.274 e. The van der Waals surface area contributed by atoms with Crippen molar-refractivity contribution < 1.29 is 0 Å². The first-order valence-corrected chi connectivity index (χ1v) is 10.2. The van der Waals surface area contributed by atoms with E-state index in [1.54, 1.807) is 23.1 Å². The van der Waals surface area contributed by atoms with Gasteiger partial charge in [0.15, 0.2) is 5.16 Å². The molecule has 0 saturated heterocycles. The number of hydrogen-bond acceptors (Lipinski definition) is 5. The van der Waals surface area contributed by atoms with Gasteiger partial charge in [0.2, 0.25) is 0 Å². The molecule has 0 unspecified atom stereocenters. The molecule has 0 saturated carbocycles. The van der Waals surface area contributed by atoms with E-state index in [0.29, 0.717) is 0 Å². The molecule has 0 aliphatic rings. The second kappa shape index (κ2) is 7.43. The molecule has 0 atom stereocenters. The molecular formula is C20H18N4S2. The van der Waals surface area contributed by atoms with Crippen LogP contribution in [0.2, 0.25) is 0 Å². The summed E-state index contributed by atoms with van der Waals surface area (Å²) >= 11 is 3.34. The van der Waals surface area contributed by atoms with Crippen LogP contribution in [0.4, 0.5) is 0 Å². The SMILES string of the molecule is Cc1ccc(-n2c(C)nnc2SCc2csc(-c3ccccc3)n2)cc1. The van der Waals surface area contributed by atoms with Crippen molar-refractivity contribution in [1.29, 1.82) is 0 Å². The molecule has 2 aromatic heterocycles. The lowest BCUT2D eigenvalue weighted by molar-refractivity contribution is 0.867. The van der Waals surface area contributed by atoms with Crippen molar-refractivity contribution in [1.82, 2.24) is 19.7 Å². The lowest BCUT2D eigenvalue weighted by Gasteiger charge is -2.08. The molecule has 0 N–H and O–H groups in total. The zero-order valence-corrected chi connectivity index (χ0v) is 16.2. The van der Waals surface area contributed by atoms with Gasteiger partial charge >= 0.3 is 0 Å². The Morgan fingerprint density at radius 1 is 0.962 bits per heavy atom. The van der Waals surface area contributed by atoms with Gasteiger partial charge in [0.05, 0.1) is 5.69 Å². The van der Waals surface area contributed by atoms with Crippen molar-refractivity contribution in [2.24, 2.45) is 0 Å². The highest BCUT2D eigenvalue weighted by Gasteiger charge is 2.13. The van der Waals surface area contributed by atoms with Crippen LogP contribution < -0.4 is 0 Å². The molecule has 130 valence electrons. The van der Waals surface area contributed by atoms with Crippen LogP contribution in [0.3, 0.4) is 0 Å². The van der Waals surface area contributed by atoms with E-state index in [4.69, 9.17) is 4.98 Å². The Hall–Kier alpha value is -2.44. The first-order chi connectivity index (χ1) is 12.7. The van der Waals surface area contributed by atoms with Gasteiger partial charge in [-0.05, 0) is 26.0 Å². The highest BCUT2D eigenvalue weighted by molar-refractivity contribution is 7.98. The molecule has 0 aliphatic carbocycles. The second-order valence-electron chi connectivity index (χ2n) is 6.00. The van der Waals surface area contributed by atoms with Gasteiger partial charge in [-0.25, -0.2) is 4.98 Å². The summed E-state index contributed by atoms with van der Waals surface area (Å²) < 4.78 is 2.09. The monoisotopic (exact) mass is 378 g/mol. The van der Waals surface area contributed by atoms with E-state index in [-0.39, 0.29) is 0 Å². The van der Waals surface area contributed by atoms with Crippen LogP contribution in [-0.2, 0) is 5.75 Å². The molecule has 0 aliphatic heterocycles. The van der Waals surface area contributed by atoms with Crippen LogP contribution in [0.5, 0.6) is 0 Å². The fourth-order valence-corrected chi connectivity index (χ4v) is 4.47. The summed E-state index contributed by atoms with van der Waals surface area (Å²) in [5, 5.41) is 12.7. The summed E-state index contributed by atoms with van der Waals surface area (Å²) in [7, 11) is 0. The zero-order valence-electron chi connectivity index (χ0n) is 14.6. The van der Waals surface area contributed by atoms with E-state index in [1.807, 2.05) is 25.1 Å². The van der Waals surface area contributed by atoms with Crippen LogP contribution in [0.15, 0.2) is 65.1 Å². The molecule has 4 aromatic rings. The fraction of sp³-hybridized carbons (Fsp3) is 0.150. The van der Waals surface area contributed by atoms with Gasteiger partial charge in [0.1, 0.15) is 10.8 Å². The minimum Gasteiger partial charge on any atom is -0.274 e. The minimum atomic E-state index is 0.771. The zero-order chi connectivity index (χ0) is 17.9. The highest BCUT2D eigenvalue weighted by Crippen LogP contribution is 2.28. The summed E-state index contributed by atoms with van der Waals surface area (Å²) in [6, 6.07) is 18.7. The van der Waals surface area contributed by atoms with Gasteiger partial charge in [-0.3, -0.25) is 4.57 Å². The quantitative estimate of drug-likeness (QED) is 0.442. The summed E-state index contributed by atoms with van der Waals surface area (Å²) in [5.74, 6) is 1.66. The number of thiazole rings is 1. The molecule has 0 amide bonds. The Morgan fingerprint density at radius 3 is 2.50 bits per heavy atom. The third-order valence-corrected chi connectivity index (χ3v) is 5.91. The first-order valence-electron chi connectivity index (χ1n) is 8.32. The van der Waals surface area contributed by atoms with Gasteiger partial charge in [0, 0.05) is 22.4 Å². The maximum atomic E-state index is 4.76. The van der Waals surface area contributed by atoms with Crippen LogP contribution in [0.25, 0.3) is 16.3 Å². The predicted molar refractivity (Wildman–Crippen MR) is 108 cm³/mol. The third-order valence-electron chi connectivity index (χ3n) is 4.01. The third kappa shape index (κ3) is 3.57. The molecular weight excluding hydrogens is 360 g/mol. The van der Waals surface area contributed by atoms with E-state index in [2.05, 4.69) is 63.5 Å². The van der Waals surface area contributed by atoms with E-state index < -0.39 is 0 Å². The molecule has 26 heavy (non-hydrogen) atoms. The smallest absolute Gasteiger partial charge is 0.196 e. The molecule has 0 spiro atoms. The molecule has 6 heteroatoms. The van der Waals surface area contributed by atoms with E-state index >= 15 is 0 Å². The molecule has 2 heterocycles. The predicted octanol–water partition coefficient (Wildman–Crippen LogP) is 5.30. The van der Waals surface area contributed by atoms with Gasteiger partial charge in [-0.15, -0.1) is 21.5 Å². The molecule has 2 aromatic carbocycles. The Labute approximate surface area is 161 Å². The van der Waals surface area contributed by atoms with Crippen molar-refractivity contribution >= 4 is 23.1 Å². The number of benzene rings is 2. The van der Waals surface area contributed by atoms with Gasteiger partial charge in [-0.2, -0.15) is 0 Å². The lowest BCUT2D eigenvalue weighted by atomic mass is 10.2. The molecule has 0 fully saturated rings. The summed E-state index contributed by atoms with van der Waals surface area (Å²) in [6.07, 6.45) is 0. The van der Waals surface area contributed by atoms with Gasteiger partial charge < -0.3 is 0 Å². The van der Waals surface area contributed by atoms with Crippen LogP contribution in [0.1, 0.15) is 17.1 Å². The van der Waals surface area contributed by atoms with Crippen LogP contribution in [-0.4, -0.2) is 19.7 Å². The summed E-state index contributed by atoms with van der Waals surface area (Å²) in [4.78, 5) is 4.76. The minimum absolute atomic E-state index is 0.771. The lowest BCUT2D eigenvalue weighted by Crippen LogP contribution is -1.99. The van der Waals surface area contributed by atoms with Crippen molar-refractivity contribution in [3.63, 3.8) is 0 Å². The van der Waals surface area contributed by atoms with Crippen LogP contribution >= 0.6 is 23.1 Å². The average Bonchev–Trinajstić information content (AvgIpc) is 3.28. The Bertz CT molecular complexity index is 1000. The van der Waals surface area contributed by atoms with Gasteiger partial charge in [0.25, 0.3) is 0 Å². The number of rotatable bonds is 5. The molecule has 4 nitrogen and oxygen atoms in total. The molecule has 0 bridgehead atoms. The van der Waals surface area contributed by atoms with E-state index in [1.165, 1.54) is 5.56 Å². The summed E-state index contributed by atoms with van der Waals surface area (Å²) in [6.45, 7) is 4.07. The molecule has 0 radical (unpaired) electrons. The van der Waals surface area contributed by atoms with Crippen molar-refractivity contribution in [2.75, 3.05) is 0 Å². The Balaban J connectivity index is 1.53. The fourth-order valence-electron chi connectivity index (χ4n) is 2.65. The second-order valence-corrected chi connectivity index (χ2v) is 7.80. The van der Waals surface area contributed by atoms with Crippen molar-refractivity contribution in [3.8, 4) is 16.3 Å². The standard InChI is InChI=1S/C20H18N4S2/c1-14-8-10-18(11-9-14)24-15(2)22-23-20(24)26-13-17-12-25-19(21-17)16-6-4-3-5-7-16/h3-12H,13H2,1-2H3. The van der Waals surface area contributed by atoms with E-state index in [0.717, 1.165) is 38.7 Å².